The number of fused-ring (bicyclic) bond motifs is 2. The van der Waals surface area contributed by atoms with Gasteiger partial charge in [0.1, 0.15) is 12.3 Å². The van der Waals surface area contributed by atoms with Crippen LogP contribution in [0, 0.1) is 0 Å². The first kappa shape index (κ1) is 15.0. The first-order chi connectivity index (χ1) is 11.8. The average Bonchev–Trinajstić information content (AvgIpc) is 3.21. The van der Waals surface area contributed by atoms with Crippen molar-refractivity contribution in [3.05, 3.63) is 70.7 Å². The van der Waals surface area contributed by atoms with Gasteiger partial charge in [-0.15, -0.1) is 11.3 Å². The van der Waals surface area contributed by atoms with Crippen LogP contribution in [0.4, 0.5) is 0 Å². The summed E-state index contributed by atoms with van der Waals surface area (Å²) in [7, 11) is 0. The molecule has 0 fully saturated rings. The van der Waals surface area contributed by atoms with Gasteiger partial charge in [-0.25, -0.2) is 4.79 Å². The monoisotopic (exact) mass is 335 g/mol. The van der Waals surface area contributed by atoms with Gasteiger partial charge in [-0.2, -0.15) is 0 Å². The maximum absolute atomic E-state index is 12.4. The Morgan fingerprint density at radius 1 is 1.17 bits per heavy atom. The lowest BCUT2D eigenvalue weighted by Crippen LogP contribution is -2.07. The molecule has 0 aliphatic rings. The number of hydrogen-bond donors (Lipinski definition) is 1. The highest BCUT2D eigenvalue weighted by Gasteiger charge is 2.14. The number of hydrogen-bond acceptors (Lipinski definition) is 3. The molecular formula is C20H17NO2S. The van der Waals surface area contributed by atoms with E-state index in [-0.39, 0.29) is 12.6 Å². The average molecular weight is 335 g/mol. The number of nitrogens with one attached hydrogen (secondary N) is 1. The summed E-state index contributed by atoms with van der Waals surface area (Å²) < 4.78 is 6.67. The Bertz CT molecular complexity index is 1000. The number of esters is 1. The van der Waals surface area contributed by atoms with Gasteiger partial charge in [-0.1, -0.05) is 43.3 Å². The fourth-order valence-corrected chi connectivity index (χ4v) is 3.84. The van der Waals surface area contributed by atoms with Gasteiger partial charge in [0.05, 0.1) is 10.2 Å². The van der Waals surface area contributed by atoms with E-state index in [1.54, 1.807) is 11.3 Å². The van der Waals surface area contributed by atoms with E-state index in [0.29, 0.717) is 5.69 Å². The predicted octanol–water partition coefficient (Wildman–Crippen LogP) is 5.30. The molecule has 1 N–H and O–H groups in total. The molecule has 4 heteroatoms. The van der Waals surface area contributed by atoms with Crippen LogP contribution in [0.1, 0.15) is 28.5 Å². The van der Waals surface area contributed by atoms with Crippen LogP contribution in [0.2, 0.25) is 0 Å². The van der Waals surface area contributed by atoms with Crippen molar-refractivity contribution >= 4 is 38.3 Å². The SMILES string of the molecule is CCc1ccc2ccccc2c1COC(=O)c1cc2sccc2[nH]1. The largest absolute Gasteiger partial charge is 0.456 e. The number of aromatic nitrogens is 1. The standard InChI is InChI=1S/C20H17NO2S/c1-2-13-7-8-14-5-3-4-6-15(14)16(13)12-23-20(22)18-11-19-17(21-18)9-10-24-19/h3-11,21H,2,12H2,1H3. The lowest BCUT2D eigenvalue weighted by Gasteiger charge is -2.12. The van der Waals surface area contributed by atoms with Gasteiger partial charge in [-0.3, -0.25) is 0 Å². The van der Waals surface area contributed by atoms with Crippen LogP contribution in [0.25, 0.3) is 21.0 Å². The van der Waals surface area contributed by atoms with E-state index in [1.165, 1.54) is 10.9 Å². The van der Waals surface area contributed by atoms with Crippen molar-refractivity contribution in [2.75, 3.05) is 0 Å². The van der Waals surface area contributed by atoms with E-state index in [0.717, 1.165) is 27.6 Å². The second-order valence-corrected chi connectivity index (χ2v) is 6.68. The zero-order chi connectivity index (χ0) is 16.5. The summed E-state index contributed by atoms with van der Waals surface area (Å²) in [4.78, 5) is 15.5. The molecule has 0 spiro atoms. The summed E-state index contributed by atoms with van der Waals surface area (Å²) in [6.45, 7) is 2.41. The van der Waals surface area contributed by atoms with Crippen molar-refractivity contribution in [3.8, 4) is 0 Å². The molecule has 2 aromatic carbocycles. The Hall–Kier alpha value is -2.59. The molecule has 0 radical (unpaired) electrons. The zero-order valence-electron chi connectivity index (χ0n) is 13.3. The van der Waals surface area contributed by atoms with E-state index in [4.69, 9.17) is 4.74 Å². The van der Waals surface area contributed by atoms with Crippen LogP contribution in [0.5, 0.6) is 0 Å². The predicted molar refractivity (Wildman–Crippen MR) is 98.6 cm³/mol. The van der Waals surface area contributed by atoms with Gasteiger partial charge in [0.15, 0.2) is 0 Å². The molecule has 4 rings (SSSR count). The van der Waals surface area contributed by atoms with Gasteiger partial charge < -0.3 is 9.72 Å². The molecule has 0 aliphatic heterocycles. The molecule has 0 aliphatic carbocycles. The molecule has 2 aromatic heterocycles. The Morgan fingerprint density at radius 3 is 2.88 bits per heavy atom. The minimum Gasteiger partial charge on any atom is -0.456 e. The van der Waals surface area contributed by atoms with Crippen molar-refractivity contribution in [3.63, 3.8) is 0 Å². The summed E-state index contributed by atoms with van der Waals surface area (Å²) >= 11 is 1.61. The third-order valence-corrected chi connectivity index (χ3v) is 5.19. The topological polar surface area (TPSA) is 42.1 Å². The first-order valence-electron chi connectivity index (χ1n) is 7.99. The molecule has 24 heavy (non-hydrogen) atoms. The fourth-order valence-electron chi connectivity index (χ4n) is 3.06. The second kappa shape index (κ2) is 6.13. The van der Waals surface area contributed by atoms with E-state index in [9.17, 15) is 4.79 Å². The molecule has 0 saturated carbocycles. The zero-order valence-corrected chi connectivity index (χ0v) is 14.2. The number of benzene rings is 2. The molecule has 0 bridgehead atoms. The van der Waals surface area contributed by atoms with Gasteiger partial charge in [0, 0.05) is 5.56 Å². The number of aryl methyl sites for hydroxylation is 1. The van der Waals surface area contributed by atoms with Gasteiger partial charge in [-0.05, 0) is 40.3 Å². The lowest BCUT2D eigenvalue weighted by atomic mass is 9.98. The van der Waals surface area contributed by atoms with Gasteiger partial charge in [0.25, 0.3) is 0 Å². The number of thiophene rings is 1. The molecule has 0 saturated heterocycles. The molecule has 0 amide bonds. The summed E-state index contributed by atoms with van der Waals surface area (Å²) in [5.74, 6) is -0.312. The molecule has 0 unspecified atom stereocenters. The summed E-state index contributed by atoms with van der Waals surface area (Å²) in [5, 5.41) is 4.32. The second-order valence-electron chi connectivity index (χ2n) is 5.74. The molecule has 0 atom stereocenters. The van der Waals surface area contributed by atoms with Crippen LogP contribution >= 0.6 is 11.3 Å². The van der Waals surface area contributed by atoms with Crippen LogP contribution in [-0.2, 0) is 17.8 Å². The maximum atomic E-state index is 12.4. The highest BCUT2D eigenvalue weighted by molar-refractivity contribution is 7.17. The van der Waals surface area contributed by atoms with Crippen LogP contribution in [0.3, 0.4) is 0 Å². The summed E-state index contributed by atoms with van der Waals surface area (Å²) in [6, 6.07) is 16.3. The Morgan fingerprint density at radius 2 is 2.04 bits per heavy atom. The highest BCUT2D eigenvalue weighted by atomic mass is 32.1. The number of carbonyl (C=O) groups excluding carboxylic acids is 1. The van der Waals surface area contributed by atoms with E-state index < -0.39 is 0 Å². The number of carbonyl (C=O) groups is 1. The molecule has 4 aromatic rings. The Balaban J connectivity index is 1.62. The molecular weight excluding hydrogens is 318 g/mol. The smallest absolute Gasteiger partial charge is 0.355 e. The maximum Gasteiger partial charge on any atom is 0.355 e. The first-order valence-corrected chi connectivity index (χ1v) is 8.87. The van der Waals surface area contributed by atoms with E-state index in [1.807, 2.05) is 29.6 Å². The number of ether oxygens (including phenoxy) is 1. The van der Waals surface area contributed by atoms with Crippen LogP contribution in [-0.4, -0.2) is 11.0 Å². The summed E-state index contributed by atoms with van der Waals surface area (Å²) in [6.07, 6.45) is 0.913. The van der Waals surface area contributed by atoms with Crippen LogP contribution < -0.4 is 0 Å². The number of aromatic amines is 1. The van der Waals surface area contributed by atoms with E-state index >= 15 is 0 Å². The van der Waals surface area contributed by atoms with Crippen molar-refractivity contribution in [2.24, 2.45) is 0 Å². The number of H-pyrrole nitrogens is 1. The van der Waals surface area contributed by atoms with Crippen molar-refractivity contribution in [2.45, 2.75) is 20.0 Å². The highest BCUT2D eigenvalue weighted by Crippen LogP contribution is 2.25. The van der Waals surface area contributed by atoms with Gasteiger partial charge in [0.2, 0.25) is 0 Å². The normalized spacial score (nSPS) is 11.2. The quantitative estimate of drug-likeness (QED) is 0.514. The minimum atomic E-state index is -0.312. The van der Waals surface area contributed by atoms with Crippen molar-refractivity contribution in [1.29, 1.82) is 0 Å². The van der Waals surface area contributed by atoms with Crippen molar-refractivity contribution < 1.29 is 9.53 Å². The van der Waals surface area contributed by atoms with Crippen LogP contribution in [0.15, 0.2) is 53.9 Å². The third-order valence-electron chi connectivity index (χ3n) is 4.33. The molecule has 3 nitrogen and oxygen atoms in total. The van der Waals surface area contributed by atoms with Crippen molar-refractivity contribution in [1.82, 2.24) is 4.98 Å². The molecule has 2 heterocycles. The number of rotatable bonds is 4. The third kappa shape index (κ3) is 2.59. The fraction of sp³-hybridized carbons (Fsp3) is 0.150. The minimum absolute atomic E-state index is 0.288. The summed E-state index contributed by atoms with van der Waals surface area (Å²) in [5.41, 5.74) is 3.80. The van der Waals surface area contributed by atoms with E-state index in [2.05, 4.69) is 36.2 Å². The Kier molecular flexibility index (Phi) is 3.82. The Labute approximate surface area is 143 Å². The molecule has 120 valence electrons. The van der Waals surface area contributed by atoms with Gasteiger partial charge >= 0.3 is 5.97 Å². The lowest BCUT2D eigenvalue weighted by molar-refractivity contribution is 0.0467.